The van der Waals surface area contributed by atoms with E-state index in [1.807, 2.05) is 18.2 Å². The zero-order chi connectivity index (χ0) is 15.4. The van der Waals surface area contributed by atoms with Gasteiger partial charge in [-0.05, 0) is 25.8 Å². The number of benzene rings is 1. The summed E-state index contributed by atoms with van der Waals surface area (Å²) >= 11 is 0. The minimum atomic E-state index is 0. The highest BCUT2D eigenvalue weighted by Gasteiger charge is 2.15. The van der Waals surface area contributed by atoms with E-state index in [2.05, 4.69) is 28.6 Å². The largest absolute Gasteiger partial charge is 0.459 e. The van der Waals surface area contributed by atoms with Crippen LogP contribution in [0.25, 0.3) is 11.0 Å². The van der Waals surface area contributed by atoms with Crippen LogP contribution in [0.4, 0.5) is 0 Å². The van der Waals surface area contributed by atoms with Gasteiger partial charge in [0.1, 0.15) is 11.3 Å². The second-order valence-corrected chi connectivity index (χ2v) is 5.60. The molecule has 0 spiro atoms. The van der Waals surface area contributed by atoms with Gasteiger partial charge in [-0.1, -0.05) is 18.2 Å². The molecule has 0 saturated carbocycles. The Morgan fingerprint density at radius 3 is 2.70 bits per heavy atom. The van der Waals surface area contributed by atoms with Crippen LogP contribution in [-0.4, -0.2) is 32.3 Å². The lowest BCUT2D eigenvalue weighted by molar-refractivity contribution is 0.0822. The number of para-hydroxylation sites is 1. The number of hydrogen-bond donors (Lipinski definition) is 2. The van der Waals surface area contributed by atoms with Crippen molar-refractivity contribution in [3.05, 3.63) is 35.6 Å². The van der Waals surface area contributed by atoms with Gasteiger partial charge in [-0.2, -0.15) is 0 Å². The Kier molecular flexibility index (Phi) is 6.71. The molecule has 1 saturated heterocycles. The lowest BCUT2D eigenvalue weighted by atomic mass is 10.1. The molecule has 0 radical (unpaired) electrons. The van der Waals surface area contributed by atoms with Crippen molar-refractivity contribution in [3.63, 3.8) is 0 Å². The molecule has 1 aliphatic heterocycles. The fraction of sp³-hybridized carbons (Fsp3) is 0.471. The number of guanidine groups is 1. The van der Waals surface area contributed by atoms with Crippen molar-refractivity contribution in [3.8, 4) is 0 Å². The fourth-order valence-corrected chi connectivity index (χ4v) is 2.79. The molecule has 0 amide bonds. The molecule has 1 aromatic heterocycles. The second-order valence-electron chi connectivity index (χ2n) is 5.60. The number of furan rings is 1. The first kappa shape index (κ1) is 18.1. The summed E-state index contributed by atoms with van der Waals surface area (Å²) in [5.41, 5.74) is 2.12. The Bertz CT molecular complexity index is 663. The van der Waals surface area contributed by atoms with Crippen LogP contribution in [0.1, 0.15) is 24.2 Å². The number of nitrogens with zero attached hydrogens (tertiary/aromatic N) is 1. The standard InChI is InChI=1S/C17H23N3O2.HI/c1-12-14-5-3-4-6-15(14)22-16(12)11-19-17(18-2)20-13-7-9-21-10-8-13;/h3-6,13H,7-11H2,1-2H3,(H2,18,19,20);1H. The van der Waals surface area contributed by atoms with Crippen molar-refractivity contribution in [1.82, 2.24) is 10.6 Å². The minimum Gasteiger partial charge on any atom is -0.459 e. The quantitative estimate of drug-likeness (QED) is 0.447. The number of ether oxygens (including phenoxy) is 1. The third-order valence-corrected chi connectivity index (χ3v) is 4.14. The van der Waals surface area contributed by atoms with Crippen LogP contribution in [0.5, 0.6) is 0 Å². The predicted molar refractivity (Wildman–Crippen MR) is 104 cm³/mol. The zero-order valence-corrected chi connectivity index (χ0v) is 15.9. The van der Waals surface area contributed by atoms with Gasteiger partial charge in [0, 0.05) is 37.3 Å². The van der Waals surface area contributed by atoms with Crippen LogP contribution in [0, 0.1) is 6.92 Å². The van der Waals surface area contributed by atoms with Crippen LogP contribution >= 0.6 is 24.0 Å². The molecule has 0 aliphatic carbocycles. The third-order valence-electron chi connectivity index (χ3n) is 4.14. The SMILES string of the molecule is CN=C(NCc1oc2ccccc2c1C)NC1CCOCC1.I. The maximum absolute atomic E-state index is 5.92. The summed E-state index contributed by atoms with van der Waals surface area (Å²) in [6, 6.07) is 8.55. The summed E-state index contributed by atoms with van der Waals surface area (Å²) in [5.74, 6) is 1.77. The molecule has 126 valence electrons. The first-order valence-corrected chi connectivity index (χ1v) is 7.80. The maximum Gasteiger partial charge on any atom is 0.191 e. The number of halogens is 1. The Balaban J connectivity index is 0.00000192. The van der Waals surface area contributed by atoms with Crippen LogP contribution < -0.4 is 10.6 Å². The maximum atomic E-state index is 5.92. The smallest absolute Gasteiger partial charge is 0.191 e. The van der Waals surface area contributed by atoms with Gasteiger partial charge >= 0.3 is 0 Å². The van der Waals surface area contributed by atoms with E-state index in [1.165, 1.54) is 10.9 Å². The Morgan fingerprint density at radius 1 is 1.26 bits per heavy atom. The van der Waals surface area contributed by atoms with Gasteiger partial charge in [0.05, 0.1) is 6.54 Å². The average Bonchev–Trinajstić information content (AvgIpc) is 2.89. The molecule has 5 nitrogen and oxygen atoms in total. The van der Waals surface area contributed by atoms with Gasteiger partial charge in [-0.25, -0.2) is 0 Å². The topological polar surface area (TPSA) is 58.8 Å². The van der Waals surface area contributed by atoms with Crippen molar-refractivity contribution in [2.24, 2.45) is 4.99 Å². The van der Waals surface area contributed by atoms with Crippen LogP contribution in [0.3, 0.4) is 0 Å². The third kappa shape index (κ3) is 4.38. The molecule has 6 heteroatoms. The average molecular weight is 429 g/mol. The van der Waals surface area contributed by atoms with Crippen molar-refractivity contribution in [2.75, 3.05) is 20.3 Å². The van der Waals surface area contributed by atoms with Gasteiger partial charge in [0.25, 0.3) is 0 Å². The predicted octanol–water partition coefficient (Wildman–Crippen LogP) is 3.20. The molecule has 0 atom stereocenters. The molecular weight excluding hydrogens is 405 g/mol. The Hall–Kier alpha value is -1.28. The van der Waals surface area contributed by atoms with Crippen molar-refractivity contribution in [2.45, 2.75) is 32.4 Å². The molecule has 2 aromatic rings. The van der Waals surface area contributed by atoms with E-state index in [1.54, 1.807) is 7.05 Å². The molecule has 23 heavy (non-hydrogen) atoms. The summed E-state index contributed by atoms with van der Waals surface area (Å²) in [7, 11) is 1.79. The summed E-state index contributed by atoms with van der Waals surface area (Å²) in [5, 5.41) is 7.96. The summed E-state index contributed by atoms with van der Waals surface area (Å²) < 4.78 is 11.3. The second kappa shape index (κ2) is 8.54. The van der Waals surface area contributed by atoms with Crippen molar-refractivity contribution < 1.29 is 9.15 Å². The normalized spacial score (nSPS) is 16.2. The molecule has 1 fully saturated rings. The summed E-state index contributed by atoms with van der Waals surface area (Å²) in [6.45, 7) is 4.36. The van der Waals surface area contributed by atoms with E-state index >= 15 is 0 Å². The molecule has 2 N–H and O–H groups in total. The van der Waals surface area contributed by atoms with E-state index in [4.69, 9.17) is 9.15 Å². The van der Waals surface area contributed by atoms with E-state index < -0.39 is 0 Å². The number of rotatable bonds is 3. The van der Waals surface area contributed by atoms with Gasteiger partial charge in [-0.3, -0.25) is 4.99 Å². The first-order chi connectivity index (χ1) is 10.8. The molecular formula is C17H24IN3O2. The molecule has 1 aliphatic rings. The molecule has 1 aromatic carbocycles. The molecule has 0 bridgehead atoms. The lowest BCUT2D eigenvalue weighted by Gasteiger charge is -2.25. The summed E-state index contributed by atoms with van der Waals surface area (Å²) in [6.07, 6.45) is 2.04. The van der Waals surface area contributed by atoms with E-state index in [9.17, 15) is 0 Å². The van der Waals surface area contributed by atoms with Gasteiger partial charge in [0.15, 0.2) is 5.96 Å². The number of aryl methyl sites for hydroxylation is 1. The van der Waals surface area contributed by atoms with Crippen molar-refractivity contribution >= 4 is 40.9 Å². The highest BCUT2D eigenvalue weighted by molar-refractivity contribution is 14.0. The van der Waals surface area contributed by atoms with Gasteiger partial charge < -0.3 is 19.8 Å². The number of aliphatic imine (C=N–C) groups is 1. The van der Waals surface area contributed by atoms with E-state index in [0.717, 1.165) is 43.4 Å². The van der Waals surface area contributed by atoms with Crippen LogP contribution in [-0.2, 0) is 11.3 Å². The number of fused-ring (bicyclic) bond motifs is 1. The van der Waals surface area contributed by atoms with Crippen LogP contribution in [0.2, 0.25) is 0 Å². The summed E-state index contributed by atoms with van der Waals surface area (Å²) in [4.78, 5) is 4.29. The number of nitrogens with one attached hydrogen (secondary N) is 2. The van der Waals surface area contributed by atoms with Crippen LogP contribution in [0.15, 0.2) is 33.7 Å². The molecule has 0 unspecified atom stereocenters. The Morgan fingerprint density at radius 2 is 2.00 bits per heavy atom. The number of hydrogen-bond acceptors (Lipinski definition) is 3. The lowest BCUT2D eigenvalue weighted by Crippen LogP contribution is -2.45. The highest BCUT2D eigenvalue weighted by Crippen LogP contribution is 2.24. The van der Waals surface area contributed by atoms with E-state index in [-0.39, 0.29) is 24.0 Å². The minimum absolute atomic E-state index is 0. The van der Waals surface area contributed by atoms with Gasteiger partial charge in [0.2, 0.25) is 0 Å². The van der Waals surface area contributed by atoms with E-state index in [0.29, 0.717) is 12.6 Å². The molecule has 3 rings (SSSR count). The van der Waals surface area contributed by atoms with Gasteiger partial charge in [-0.15, -0.1) is 24.0 Å². The Labute approximate surface area is 153 Å². The first-order valence-electron chi connectivity index (χ1n) is 7.80. The molecule has 2 heterocycles. The van der Waals surface area contributed by atoms with Crippen molar-refractivity contribution in [1.29, 1.82) is 0 Å². The highest BCUT2D eigenvalue weighted by atomic mass is 127. The zero-order valence-electron chi connectivity index (χ0n) is 13.6. The monoisotopic (exact) mass is 429 g/mol. The fourth-order valence-electron chi connectivity index (χ4n) is 2.79.